The van der Waals surface area contributed by atoms with E-state index in [0.29, 0.717) is 5.69 Å². The number of nitrogens with zero attached hydrogens (tertiary/aromatic N) is 3. The second kappa shape index (κ2) is 6.43. The van der Waals surface area contributed by atoms with Crippen LogP contribution >= 0.6 is 0 Å². The molecule has 0 saturated carbocycles. The van der Waals surface area contributed by atoms with Crippen LogP contribution in [0.25, 0.3) is 0 Å². The molecular formula is C16H25N5. The SMILES string of the molecule is N=C(N)c1ncccc1N1CCC(N2CCCCC2)CC1. The molecule has 2 saturated heterocycles. The van der Waals surface area contributed by atoms with Crippen LogP contribution in [0.5, 0.6) is 0 Å². The number of nitrogens with two attached hydrogens (primary N) is 1. The van der Waals surface area contributed by atoms with Gasteiger partial charge in [-0.2, -0.15) is 0 Å². The van der Waals surface area contributed by atoms with E-state index in [-0.39, 0.29) is 5.84 Å². The molecule has 3 rings (SSSR count). The van der Waals surface area contributed by atoms with E-state index in [1.165, 1.54) is 45.2 Å². The zero-order valence-corrected chi connectivity index (χ0v) is 12.6. The van der Waals surface area contributed by atoms with Gasteiger partial charge in [0.05, 0.1) is 5.69 Å². The molecule has 0 atom stereocenters. The molecule has 5 nitrogen and oxygen atoms in total. The lowest BCUT2D eigenvalue weighted by Crippen LogP contribution is -2.47. The predicted octanol–water partition coefficient (Wildman–Crippen LogP) is 1.82. The highest BCUT2D eigenvalue weighted by Gasteiger charge is 2.26. The Morgan fingerprint density at radius 3 is 2.52 bits per heavy atom. The Bertz CT molecular complexity index is 487. The molecule has 21 heavy (non-hydrogen) atoms. The quantitative estimate of drug-likeness (QED) is 0.657. The van der Waals surface area contributed by atoms with Crippen LogP contribution in [0.15, 0.2) is 18.3 Å². The van der Waals surface area contributed by atoms with E-state index in [1.807, 2.05) is 12.1 Å². The summed E-state index contributed by atoms with van der Waals surface area (Å²) in [7, 11) is 0. The first-order valence-electron chi connectivity index (χ1n) is 8.04. The van der Waals surface area contributed by atoms with Crippen molar-refractivity contribution in [2.45, 2.75) is 38.1 Å². The molecule has 0 radical (unpaired) electrons. The lowest BCUT2D eigenvalue weighted by molar-refractivity contribution is 0.141. The van der Waals surface area contributed by atoms with Gasteiger partial charge in [0.2, 0.25) is 0 Å². The van der Waals surface area contributed by atoms with Gasteiger partial charge in [0.1, 0.15) is 11.5 Å². The smallest absolute Gasteiger partial charge is 0.143 e. The maximum atomic E-state index is 7.68. The number of nitrogen functional groups attached to an aromatic ring is 1. The van der Waals surface area contributed by atoms with Crippen LogP contribution < -0.4 is 10.6 Å². The molecule has 0 unspecified atom stereocenters. The first-order chi connectivity index (χ1) is 10.3. The minimum atomic E-state index is 0.0590. The fraction of sp³-hybridized carbons (Fsp3) is 0.625. The van der Waals surface area contributed by atoms with Crippen LogP contribution in [-0.2, 0) is 0 Å². The highest BCUT2D eigenvalue weighted by atomic mass is 15.2. The first kappa shape index (κ1) is 14.3. The number of hydrogen-bond acceptors (Lipinski definition) is 4. The number of piperidine rings is 2. The Morgan fingerprint density at radius 2 is 1.86 bits per heavy atom. The summed E-state index contributed by atoms with van der Waals surface area (Å²) in [6.45, 7) is 4.62. The fourth-order valence-corrected chi connectivity index (χ4v) is 3.61. The number of hydrogen-bond donors (Lipinski definition) is 2. The van der Waals surface area contributed by atoms with Gasteiger partial charge in [0.25, 0.3) is 0 Å². The van der Waals surface area contributed by atoms with E-state index in [2.05, 4.69) is 14.8 Å². The average molecular weight is 287 g/mol. The maximum absolute atomic E-state index is 7.68. The minimum Gasteiger partial charge on any atom is -0.382 e. The van der Waals surface area contributed by atoms with E-state index in [9.17, 15) is 0 Å². The number of nitrogens with one attached hydrogen (secondary N) is 1. The molecule has 1 aromatic rings. The zero-order valence-electron chi connectivity index (χ0n) is 12.6. The van der Waals surface area contributed by atoms with Crippen LogP contribution in [0, 0.1) is 5.41 Å². The topological polar surface area (TPSA) is 69.2 Å². The Morgan fingerprint density at radius 1 is 1.14 bits per heavy atom. The standard InChI is InChI=1S/C16H25N5/c17-16(18)15-14(5-4-8-19-15)21-11-6-13(7-12-21)20-9-2-1-3-10-20/h4-5,8,13H,1-3,6-7,9-12H2,(H3,17,18). The molecule has 0 bridgehead atoms. The van der Waals surface area contributed by atoms with Gasteiger partial charge in [0, 0.05) is 25.3 Å². The van der Waals surface area contributed by atoms with Crippen molar-refractivity contribution in [3.05, 3.63) is 24.0 Å². The monoisotopic (exact) mass is 287 g/mol. The molecule has 114 valence electrons. The summed E-state index contributed by atoms with van der Waals surface area (Å²) in [6.07, 6.45) is 8.22. The van der Waals surface area contributed by atoms with Crippen molar-refractivity contribution in [2.75, 3.05) is 31.1 Å². The van der Waals surface area contributed by atoms with Gasteiger partial charge < -0.3 is 15.5 Å². The van der Waals surface area contributed by atoms with Gasteiger partial charge in [0.15, 0.2) is 0 Å². The Balaban J connectivity index is 1.64. The number of amidine groups is 1. The van der Waals surface area contributed by atoms with Crippen molar-refractivity contribution in [3.63, 3.8) is 0 Å². The van der Waals surface area contributed by atoms with Crippen molar-refractivity contribution < 1.29 is 0 Å². The highest BCUT2D eigenvalue weighted by Crippen LogP contribution is 2.26. The summed E-state index contributed by atoms with van der Waals surface area (Å²) in [4.78, 5) is 9.27. The summed E-state index contributed by atoms with van der Waals surface area (Å²) in [5.74, 6) is 0.0590. The number of pyridine rings is 1. The second-order valence-corrected chi connectivity index (χ2v) is 6.10. The fourth-order valence-electron chi connectivity index (χ4n) is 3.61. The summed E-state index contributed by atoms with van der Waals surface area (Å²) >= 11 is 0. The summed E-state index contributed by atoms with van der Waals surface area (Å²) in [5, 5.41) is 7.68. The third-order valence-corrected chi connectivity index (χ3v) is 4.75. The summed E-state index contributed by atoms with van der Waals surface area (Å²) < 4.78 is 0. The van der Waals surface area contributed by atoms with E-state index in [1.54, 1.807) is 6.20 Å². The van der Waals surface area contributed by atoms with E-state index < -0.39 is 0 Å². The largest absolute Gasteiger partial charge is 0.382 e. The van der Waals surface area contributed by atoms with Crippen molar-refractivity contribution in [1.29, 1.82) is 5.41 Å². The van der Waals surface area contributed by atoms with Gasteiger partial charge in [-0.3, -0.25) is 10.4 Å². The van der Waals surface area contributed by atoms with Crippen LogP contribution in [0.1, 0.15) is 37.8 Å². The summed E-state index contributed by atoms with van der Waals surface area (Å²) in [6, 6.07) is 4.70. The van der Waals surface area contributed by atoms with Crippen molar-refractivity contribution in [3.8, 4) is 0 Å². The molecule has 2 aliphatic rings. The number of aromatic nitrogens is 1. The van der Waals surface area contributed by atoms with E-state index in [4.69, 9.17) is 11.1 Å². The molecule has 3 heterocycles. The molecule has 0 aliphatic carbocycles. The molecule has 0 amide bonds. The van der Waals surface area contributed by atoms with Crippen molar-refractivity contribution in [1.82, 2.24) is 9.88 Å². The number of anilines is 1. The maximum Gasteiger partial charge on any atom is 0.143 e. The predicted molar refractivity (Wildman–Crippen MR) is 85.9 cm³/mol. The average Bonchev–Trinajstić information content (AvgIpc) is 2.56. The Hall–Kier alpha value is -1.62. The third-order valence-electron chi connectivity index (χ3n) is 4.75. The third kappa shape index (κ3) is 3.18. The van der Waals surface area contributed by atoms with E-state index in [0.717, 1.165) is 24.8 Å². The molecule has 0 spiro atoms. The molecule has 1 aromatic heterocycles. The van der Waals surface area contributed by atoms with Gasteiger partial charge in [-0.1, -0.05) is 6.42 Å². The van der Waals surface area contributed by atoms with Crippen molar-refractivity contribution >= 4 is 11.5 Å². The lowest BCUT2D eigenvalue weighted by Gasteiger charge is -2.41. The van der Waals surface area contributed by atoms with Crippen molar-refractivity contribution in [2.24, 2.45) is 5.73 Å². The molecular weight excluding hydrogens is 262 g/mol. The van der Waals surface area contributed by atoms with Gasteiger partial charge in [-0.05, 0) is 50.9 Å². The Labute approximate surface area is 126 Å². The first-order valence-corrected chi connectivity index (χ1v) is 8.04. The van der Waals surface area contributed by atoms with Gasteiger partial charge in [-0.15, -0.1) is 0 Å². The van der Waals surface area contributed by atoms with Gasteiger partial charge in [-0.25, -0.2) is 0 Å². The van der Waals surface area contributed by atoms with Crippen LogP contribution in [0.2, 0.25) is 0 Å². The van der Waals surface area contributed by atoms with Gasteiger partial charge >= 0.3 is 0 Å². The summed E-state index contributed by atoms with van der Waals surface area (Å²) in [5.41, 5.74) is 7.29. The minimum absolute atomic E-state index is 0.0590. The molecule has 2 aliphatic heterocycles. The molecule has 0 aromatic carbocycles. The zero-order chi connectivity index (χ0) is 14.7. The van der Waals surface area contributed by atoms with Crippen LogP contribution in [-0.4, -0.2) is 47.9 Å². The molecule has 3 N–H and O–H groups in total. The molecule has 5 heteroatoms. The normalized spacial score (nSPS) is 21.4. The Kier molecular flexibility index (Phi) is 4.39. The number of likely N-dealkylation sites (tertiary alicyclic amines) is 1. The highest BCUT2D eigenvalue weighted by molar-refractivity contribution is 5.98. The lowest BCUT2D eigenvalue weighted by atomic mass is 9.99. The number of rotatable bonds is 3. The van der Waals surface area contributed by atoms with E-state index >= 15 is 0 Å². The second-order valence-electron chi connectivity index (χ2n) is 6.10. The molecule has 2 fully saturated rings. The van der Waals surface area contributed by atoms with Crippen LogP contribution in [0.4, 0.5) is 5.69 Å². The van der Waals surface area contributed by atoms with Crippen LogP contribution in [0.3, 0.4) is 0 Å².